The van der Waals surface area contributed by atoms with Crippen LogP contribution in [0, 0.1) is 5.92 Å². The van der Waals surface area contributed by atoms with E-state index in [1.54, 1.807) is 7.05 Å². The Balaban J connectivity index is 0.00000280. The normalized spacial score (nSPS) is 17.0. The molecule has 7 nitrogen and oxygen atoms in total. The molecule has 1 N–H and O–H groups in total. The highest BCUT2D eigenvalue weighted by atomic mass is 127. The van der Waals surface area contributed by atoms with Gasteiger partial charge in [-0.15, -0.1) is 24.0 Å². The molecule has 28 heavy (non-hydrogen) atoms. The second-order valence-corrected chi connectivity index (χ2v) is 6.53. The van der Waals surface area contributed by atoms with Crippen molar-refractivity contribution in [3.05, 3.63) is 48.3 Å². The third kappa shape index (κ3) is 5.70. The monoisotopic (exact) mass is 497 g/mol. The Bertz CT molecular complexity index is 778. The van der Waals surface area contributed by atoms with Crippen molar-refractivity contribution in [2.75, 3.05) is 26.7 Å². The number of aliphatic imine (C=N–C) groups is 1. The number of hydrogen-bond donors (Lipinski definition) is 1. The first-order valence-electron chi connectivity index (χ1n) is 9.43. The number of guanidine groups is 1. The van der Waals surface area contributed by atoms with E-state index in [1.807, 2.05) is 54.2 Å². The summed E-state index contributed by atoms with van der Waals surface area (Å²) in [6.07, 6.45) is 3.77. The van der Waals surface area contributed by atoms with Gasteiger partial charge in [0.05, 0.1) is 30.5 Å². The molecule has 3 rings (SSSR count). The number of rotatable bonds is 5. The van der Waals surface area contributed by atoms with E-state index >= 15 is 0 Å². The molecule has 1 aromatic carbocycles. The number of aromatic nitrogens is 2. The van der Waals surface area contributed by atoms with Crippen LogP contribution in [-0.2, 0) is 16.1 Å². The Labute approximate surface area is 183 Å². The van der Waals surface area contributed by atoms with Gasteiger partial charge in [-0.05, 0) is 38.0 Å². The summed E-state index contributed by atoms with van der Waals surface area (Å²) >= 11 is 0. The number of piperidine rings is 1. The summed E-state index contributed by atoms with van der Waals surface area (Å²) in [5, 5.41) is 7.97. The minimum atomic E-state index is -0.112. The molecule has 1 aliphatic heterocycles. The molecule has 152 valence electrons. The molecule has 1 aromatic heterocycles. The lowest BCUT2D eigenvalue weighted by atomic mass is 9.98. The summed E-state index contributed by atoms with van der Waals surface area (Å²) in [4.78, 5) is 18.6. The van der Waals surface area contributed by atoms with Gasteiger partial charge in [0.15, 0.2) is 5.96 Å². The highest BCUT2D eigenvalue weighted by molar-refractivity contribution is 14.0. The maximum Gasteiger partial charge on any atom is 0.310 e. The highest BCUT2D eigenvalue weighted by Crippen LogP contribution is 2.18. The summed E-state index contributed by atoms with van der Waals surface area (Å²) in [5.74, 6) is 0.590. The van der Waals surface area contributed by atoms with Gasteiger partial charge in [0, 0.05) is 26.3 Å². The van der Waals surface area contributed by atoms with Crippen molar-refractivity contribution in [2.24, 2.45) is 10.9 Å². The van der Waals surface area contributed by atoms with Gasteiger partial charge in [-0.1, -0.05) is 18.2 Å². The molecule has 1 unspecified atom stereocenters. The van der Waals surface area contributed by atoms with E-state index in [2.05, 4.69) is 20.3 Å². The smallest absolute Gasteiger partial charge is 0.310 e. The van der Waals surface area contributed by atoms with Crippen LogP contribution in [0.1, 0.15) is 25.5 Å². The molecule has 8 heteroatoms. The van der Waals surface area contributed by atoms with Gasteiger partial charge in [0.25, 0.3) is 0 Å². The van der Waals surface area contributed by atoms with E-state index < -0.39 is 0 Å². The van der Waals surface area contributed by atoms with E-state index in [0.29, 0.717) is 19.7 Å². The molecule has 0 saturated carbocycles. The number of likely N-dealkylation sites (tertiary alicyclic amines) is 1. The number of benzene rings is 1. The molecule has 2 aromatic rings. The van der Waals surface area contributed by atoms with Crippen molar-refractivity contribution >= 4 is 35.9 Å². The fraction of sp³-hybridized carbons (Fsp3) is 0.450. The Morgan fingerprint density at radius 1 is 1.32 bits per heavy atom. The molecule has 1 saturated heterocycles. The molecule has 0 radical (unpaired) electrons. The molecule has 2 heterocycles. The van der Waals surface area contributed by atoms with Crippen LogP contribution in [0.5, 0.6) is 0 Å². The topological polar surface area (TPSA) is 71.8 Å². The van der Waals surface area contributed by atoms with Crippen LogP contribution in [0.4, 0.5) is 0 Å². The Morgan fingerprint density at radius 3 is 2.82 bits per heavy atom. The number of ether oxygens (including phenoxy) is 1. The van der Waals surface area contributed by atoms with E-state index in [1.165, 1.54) is 0 Å². The van der Waals surface area contributed by atoms with Crippen LogP contribution in [0.25, 0.3) is 5.69 Å². The van der Waals surface area contributed by atoms with E-state index in [9.17, 15) is 4.79 Å². The highest BCUT2D eigenvalue weighted by Gasteiger charge is 2.28. The first kappa shape index (κ1) is 22.2. The standard InChI is InChI=1S/C20H27N5O2.HI/c1-3-27-19(26)16-8-7-12-24(15-16)20(21-2)22-14-17-11-13-25(23-17)18-9-5-4-6-10-18;/h4-6,9-11,13,16H,3,7-8,12,14-15H2,1-2H3,(H,21,22);1H. The fourth-order valence-corrected chi connectivity index (χ4v) is 3.30. The van der Waals surface area contributed by atoms with E-state index in [0.717, 1.165) is 36.7 Å². The zero-order valence-corrected chi connectivity index (χ0v) is 18.7. The third-order valence-corrected chi connectivity index (χ3v) is 4.65. The second kappa shape index (κ2) is 11.0. The quantitative estimate of drug-likeness (QED) is 0.298. The fourth-order valence-electron chi connectivity index (χ4n) is 3.30. The summed E-state index contributed by atoms with van der Waals surface area (Å²) in [7, 11) is 1.76. The van der Waals surface area contributed by atoms with Crippen molar-refractivity contribution in [3.63, 3.8) is 0 Å². The van der Waals surface area contributed by atoms with Crippen molar-refractivity contribution < 1.29 is 9.53 Å². The predicted octanol–water partition coefficient (Wildman–Crippen LogP) is 2.84. The second-order valence-electron chi connectivity index (χ2n) is 6.53. The first-order chi connectivity index (χ1) is 13.2. The average molecular weight is 497 g/mol. The minimum Gasteiger partial charge on any atom is -0.466 e. The lowest BCUT2D eigenvalue weighted by Gasteiger charge is -2.33. The zero-order valence-electron chi connectivity index (χ0n) is 16.4. The van der Waals surface area contributed by atoms with Crippen molar-refractivity contribution in [3.8, 4) is 5.69 Å². The van der Waals surface area contributed by atoms with Gasteiger partial charge in [-0.3, -0.25) is 9.79 Å². The van der Waals surface area contributed by atoms with E-state index in [-0.39, 0.29) is 35.9 Å². The molecular weight excluding hydrogens is 469 g/mol. The molecule has 1 fully saturated rings. The molecule has 0 spiro atoms. The van der Waals surface area contributed by atoms with Crippen molar-refractivity contribution in [1.82, 2.24) is 20.0 Å². The molecule has 0 bridgehead atoms. The summed E-state index contributed by atoms with van der Waals surface area (Å²) < 4.78 is 7.04. The number of carbonyl (C=O) groups is 1. The SMILES string of the molecule is CCOC(=O)C1CCCN(C(=NC)NCc2ccn(-c3ccccc3)n2)C1.I. The maximum atomic E-state index is 12.0. The Hall–Kier alpha value is -2.10. The molecular formula is C20H28IN5O2. The van der Waals surface area contributed by atoms with Gasteiger partial charge >= 0.3 is 5.97 Å². The van der Waals surface area contributed by atoms with Crippen LogP contribution < -0.4 is 5.32 Å². The van der Waals surface area contributed by atoms with Crippen LogP contribution in [0.3, 0.4) is 0 Å². The summed E-state index contributed by atoms with van der Waals surface area (Å²) in [6.45, 7) is 4.36. The summed E-state index contributed by atoms with van der Waals surface area (Å²) in [6, 6.07) is 12.0. The number of nitrogens with one attached hydrogen (secondary N) is 1. The van der Waals surface area contributed by atoms with Crippen LogP contribution >= 0.6 is 24.0 Å². The first-order valence-corrected chi connectivity index (χ1v) is 9.43. The van der Waals surface area contributed by atoms with Crippen LogP contribution in [-0.4, -0.2) is 53.4 Å². The van der Waals surface area contributed by atoms with Gasteiger partial charge < -0.3 is 15.0 Å². The van der Waals surface area contributed by atoms with Crippen LogP contribution in [0.15, 0.2) is 47.6 Å². The number of nitrogens with zero attached hydrogens (tertiary/aromatic N) is 4. The molecule has 0 aliphatic carbocycles. The zero-order chi connectivity index (χ0) is 19.1. The number of halogens is 1. The van der Waals surface area contributed by atoms with Crippen molar-refractivity contribution in [1.29, 1.82) is 0 Å². The van der Waals surface area contributed by atoms with Crippen molar-refractivity contribution in [2.45, 2.75) is 26.3 Å². The molecule has 0 amide bonds. The predicted molar refractivity (Wildman–Crippen MR) is 120 cm³/mol. The summed E-state index contributed by atoms with van der Waals surface area (Å²) in [5.41, 5.74) is 1.96. The number of carbonyl (C=O) groups excluding carboxylic acids is 1. The average Bonchev–Trinajstić information content (AvgIpc) is 3.19. The lowest BCUT2D eigenvalue weighted by Crippen LogP contribution is -2.48. The van der Waals surface area contributed by atoms with Gasteiger partial charge in [0.1, 0.15) is 0 Å². The molecule has 1 atom stereocenters. The van der Waals surface area contributed by atoms with Crippen LogP contribution in [0.2, 0.25) is 0 Å². The van der Waals surface area contributed by atoms with Gasteiger partial charge in [-0.2, -0.15) is 5.10 Å². The van der Waals surface area contributed by atoms with Gasteiger partial charge in [-0.25, -0.2) is 4.68 Å². The minimum absolute atomic E-state index is 0. The Kier molecular flexibility index (Phi) is 8.75. The molecule has 1 aliphatic rings. The number of hydrogen-bond acceptors (Lipinski definition) is 4. The maximum absolute atomic E-state index is 12.0. The largest absolute Gasteiger partial charge is 0.466 e. The Morgan fingerprint density at radius 2 is 2.11 bits per heavy atom. The van der Waals surface area contributed by atoms with E-state index in [4.69, 9.17) is 4.74 Å². The number of para-hydroxylation sites is 1. The third-order valence-electron chi connectivity index (χ3n) is 4.65. The lowest BCUT2D eigenvalue weighted by molar-refractivity contribution is -0.149. The number of esters is 1. The van der Waals surface area contributed by atoms with Gasteiger partial charge in [0.2, 0.25) is 0 Å².